The van der Waals surface area contributed by atoms with Crippen molar-refractivity contribution in [3.63, 3.8) is 0 Å². The van der Waals surface area contributed by atoms with Crippen molar-refractivity contribution in [1.82, 2.24) is 15.1 Å². The van der Waals surface area contributed by atoms with Gasteiger partial charge in [-0.25, -0.2) is 4.68 Å². The van der Waals surface area contributed by atoms with Gasteiger partial charge in [0.25, 0.3) is 5.56 Å². The molecule has 0 aromatic carbocycles. The number of furan rings is 1. The number of anilines is 1. The van der Waals surface area contributed by atoms with Crippen molar-refractivity contribution >= 4 is 22.9 Å². The number of aryl methyl sites for hydroxylation is 1. The van der Waals surface area contributed by atoms with Crippen molar-refractivity contribution in [2.75, 3.05) is 5.73 Å². The van der Waals surface area contributed by atoms with E-state index in [2.05, 4.69) is 10.4 Å². The van der Waals surface area contributed by atoms with Gasteiger partial charge >= 0.3 is 0 Å². The van der Waals surface area contributed by atoms with Gasteiger partial charge in [0.1, 0.15) is 23.2 Å². The first-order valence-electron chi connectivity index (χ1n) is 7.72. The average Bonchev–Trinajstić information content (AvgIpc) is 3.26. The first-order valence-corrected chi connectivity index (χ1v) is 8.60. The molecule has 3 aromatic heterocycles. The molecule has 3 heterocycles. The van der Waals surface area contributed by atoms with Crippen LogP contribution in [0.25, 0.3) is 11.5 Å². The van der Waals surface area contributed by atoms with Crippen molar-refractivity contribution in [2.45, 2.75) is 26.4 Å². The van der Waals surface area contributed by atoms with Crippen molar-refractivity contribution in [3.05, 3.63) is 56.7 Å². The van der Waals surface area contributed by atoms with Crippen LogP contribution in [0.4, 0.5) is 5.69 Å². The van der Waals surface area contributed by atoms with Gasteiger partial charge in [-0.3, -0.25) is 9.59 Å². The molecule has 1 amide bonds. The number of carbonyl (C=O) groups excluding carboxylic acids is 1. The lowest BCUT2D eigenvalue weighted by Gasteiger charge is -2.15. The molecule has 3 aromatic rings. The van der Waals surface area contributed by atoms with Gasteiger partial charge in [0, 0.05) is 4.88 Å². The van der Waals surface area contributed by atoms with E-state index >= 15 is 0 Å². The van der Waals surface area contributed by atoms with Crippen molar-refractivity contribution < 1.29 is 9.21 Å². The fourth-order valence-electron chi connectivity index (χ4n) is 2.33. The second kappa shape index (κ2) is 6.94. The summed E-state index contributed by atoms with van der Waals surface area (Å²) in [5, 5.41) is 8.99. The lowest BCUT2D eigenvalue weighted by molar-refractivity contribution is -0.124. The summed E-state index contributed by atoms with van der Waals surface area (Å²) >= 11 is 1.55. The average molecular weight is 358 g/mol. The summed E-state index contributed by atoms with van der Waals surface area (Å²) in [6.45, 7) is 3.82. The summed E-state index contributed by atoms with van der Waals surface area (Å²) < 4.78 is 6.61. The Morgan fingerprint density at radius 2 is 2.24 bits per heavy atom. The van der Waals surface area contributed by atoms with Crippen molar-refractivity contribution in [2.24, 2.45) is 0 Å². The first-order chi connectivity index (χ1) is 12.0. The van der Waals surface area contributed by atoms with Crippen molar-refractivity contribution in [1.29, 1.82) is 0 Å². The van der Waals surface area contributed by atoms with Gasteiger partial charge in [-0.1, -0.05) is 6.07 Å². The monoisotopic (exact) mass is 358 g/mol. The van der Waals surface area contributed by atoms with E-state index < -0.39 is 11.6 Å². The number of carbonyl (C=O) groups is 1. The van der Waals surface area contributed by atoms with Crippen LogP contribution in [-0.2, 0) is 11.3 Å². The minimum Gasteiger partial charge on any atom is -0.460 e. The Morgan fingerprint density at radius 3 is 2.88 bits per heavy atom. The second-order valence-electron chi connectivity index (χ2n) is 5.62. The van der Waals surface area contributed by atoms with Crippen molar-refractivity contribution in [3.8, 4) is 11.5 Å². The summed E-state index contributed by atoms with van der Waals surface area (Å²) in [5.74, 6) is 0.897. The zero-order valence-electron chi connectivity index (χ0n) is 13.9. The Labute approximate surface area is 148 Å². The highest BCUT2D eigenvalue weighted by molar-refractivity contribution is 7.09. The highest BCUT2D eigenvalue weighted by Gasteiger charge is 2.20. The van der Waals surface area contributed by atoms with Crippen LogP contribution < -0.4 is 16.6 Å². The number of nitrogens with zero attached hydrogens (tertiary/aromatic N) is 2. The molecular formula is C17H18N4O3S. The van der Waals surface area contributed by atoms with Crippen LogP contribution in [-0.4, -0.2) is 15.7 Å². The van der Waals surface area contributed by atoms with Crippen LogP contribution in [0.2, 0.25) is 0 Å². The van der Waals surface area contributed by atoms with Crippen LogP contribution in [0.5, 0.6) is 0 Å². The Bertz CT molecular complexity index is 943. The molecule has 0 spiro atoms. The van der Waals surface area contributed by atoms with E-state index in [4.69, 9.17) is 10.2 Å². The third-order valence-corrected chi connectivity index (χ3v) is 4.60. The molecule has 0 bridgehead atoms. The van der Waals surface area contributed by atoms with Gasteiger partial charge in [0.15, 0.2) is 5.76 Å². The maximum absolute atomic E-state index is 12.4. The van der Waals surface area contributed by atoms with Crippen LogP contribution in [0.3, 0.4) is 0 Å². The molecule has 130 valence electrons. The highest BCUT2D eigenvalue weighted by Crippen LogP contribution is 2.20. The number of rotatable bonds is 5. The number of hydrogen-bond acceptors (Lipinski definition) is 6. The van der Waals surface area contributed by atoms with Crippen LogP contribution in [0.15, 0.2) is 44.9 Å². The SMILES string of the molecule is Cc1ccc(-c2cc(N)c(=O)n([C@@H](C)C(=O)NCc3cccs3)n2)o1. The Morgan fingerprint density at radius 1 is 1.44 bits per heavy atom. The van der Waals surface area contributed by atoms with Crippen LogP contribution in [0, 0.1) is 6.92 Å². The number of nitrogens with one attached hydrogen (secondary N) is 1. The zero-order valence-corrected chi connectivity index (χ0v) is 14.7. The van der Waals surface area contributed by atoms with E-state index in [1.54, 1.807) is 30.4 Å². The van der Waals surface area contributed by atoms with E-state index in [0.717, 1.165) is 15.3 Å². The van der Waals surface area contributed by atoms with Gasteiger partial charge in [-0.05, 0) is 43.5 Å². The molecule has 0 aliphatic carbocycles. The number of thiophene rings is 1. The largest absolute Gasteiger partial charge is 0.460 e. The quantitative estimate of drug-likeness (QED) is 0.728. The van der Waals surface area contributed by atoms with E-state index in [0.29, 0.717) is 18.0 Å². The minimum absolute atomic E-state index is 0.0111. The third-order valence-electron chi connectivity index (χ3n) is 3.72. The zero-order chi connectivity index (χ0) is 18.0. The summed E-state index contributed by atoms with van der Waals surface area (Å²) in [5.41, 5.74) is 5.72. The Balaban J connectivity index is 1.86. The number of aromatic nitrogens is 2. The molecule has 7 nitrogen and oxygen atoms in total. The number of hydrogen-bond donors (Lipinski definition) is 2. The van der Waals surface area contributed by atoms with E-state index in [9.17, 15) is 9.59 Å². The van der Waals surface area contributed by atoms with E-state index in [1.165, 1.54) is 6.07 Å². The topological polar surface area (TPSA) is 103 Å². The van der Waals surface area contributed by atoms with Gasteiger partial charge in [0.05, 0.1) is 6.54 Å². The fourth-order valence-corrected chi connectivity index (χ4v) is 2.98. The van der Waals surface area contributed by atoms with Gasteiger partial charge < -0.3 is 15.5 Å². The molecule has 8 heteroatoms. The molecule has 3 N–H and O–H groups in total. The lowest BCUT2D eigenvalue weighted by atomic mass is 10.2. The molecule has 0 saturated heterocycles. The van der Waals surface area contributed by atoms with Gasteiger partial charge in [0.2, 0.25) is 5.91 Å². The molecule has 3 rings (SSSR count). The smallest absolute Gasteiger partial charge is 0.290 e. The predicted molar refractivity (Wildman–Crippen MR) is 96.2 cm³/mol. The molecule has 0 fully saturated rings. The molecular weight excluding hydrogens is 340 g/mol. The second-order valence-corrected chi connectivity index (χ2v) is 6.65. The molecule has 1 atom stereocenters. The van der Waals surface area contributed by atoms with Gasteiger partial charge in [-0.2, -0.15) is 5.10 Å². The van der Waals surface area contributed by atoms with Crippen LogP contribution in [0.1, 0.15) is 23.6 Å². The standard InChI is InChI=1S/C17H18N4O3S/c1-10-5-6-15(24-10)14-8-13(18)17(23)21(20-14)11(2)16(22)19-9-12-4-3-7-25-12/h3-8,11H,9,18H2,1-2H3,(H,19,22)/t11-/m0/s1. The Hall–Kier alpha value is -2.87. The highest BCUT2D eigenvalue weighted by atomic mass is 32.1. The van der Waals surface area contributed by atoms with Gasteiger partial charge in [-0.15, -0.1) is 11.3 Å². The summed E-state index contributed by atoms with van der Waals surface area (Å²) in [6, 6.07) is 8.03. The minimum atomic E-state index is -0.800. The maximum Gasteiger partial charge on any atom is 0.290 e. The fraction of sp³-hybridized carbons (Fsp3) is 0.235. The normalized spacial score (nSPS) is 12.1. The number of nitrogen functional groups attached to an aromatic ring is 1. The molecule has 0 radical (unpaired) electrons. The Kier molecular flexibility index (Phi) is 4.71. The van der Waals surface area contributed by atoms with E-state index in [1.807, 2.05) is 24.4 Å². The molecule has 25 heavy (non-hydrogen) atoms. The van der Waals surface area contributed by atoms with E-state index in [-0.39, 0.29) is 11.6 Å². The molecule has 0 unspecified atom stereocenters. The van der Waals surface area contributed by atoms with Crippen LogP contribution >= 0.6 is 11.3 Å². The maximum atomic E-state index is 12.4. The first kappa shape index (κ1) is 17.0. The lowest BCUT2D eigenvalue weighted by Crippen LogP contribution is -2.37. The summed E-state index contributed by atoms with van der Waals surface area (Å²) in [4.78, 5) is 25.7. The molecule has 0 aliphatic heterocycles. The summed E-state index contributed by atoms with van der Waals surface area (Å²) in [7, 11) is 0. The third kappa shape index (κ3) is 3.63. The molecule has 0 aliphatic rings. The number of amides is 1. The number of nitrogens with two attached hydrogens (primary N) is 1. The summed E-state index contributed by atoms with van der Waals surface area (Å²) in [6.07, 6.45) is 0. The predicted octanol–water partition coefficient (Wildman–Crippen LogP) is 2.33. The molecule has 0 saturated carbocycles.